The first-order chi connectivity index (χ1) is 13.3. The van der Waals surface area contributed by atoms with Crippen molar-refractivity contribution in [2.24, 2.45) is 11.3 Å². The fraction of sp³-hybridized carbons (Fsp3) is 0.435. The first-order valence-corrected chi connectivity index (χ1v) is 11.0. The summed E-state index contributed by atoms with van der Waals surface area (Å²) in [5.74, 6) is 1.30. The zero-order valence-corrected chi connectivity index (χ0v) is 18.3. The number of methoxy groups -OCH3 is 2. The van der Waals surface area contributed by atoms with Gasteiger partial charge in [-0.25, -0.2) is 0 Å². The molecule has 2 atom stereocenters. The first-order valence-electron chi connectivity index (χ1n) is 9.51. The second-order valence-corrected chi connectivity index (χ2v) is 9.65. The van der Waals surface area contributed by atoms with Crippen LogP contribution in [-0.2, 0) is 4.57 Å². The summed E-state index contributed by atoms with van der Waals surface area (Å²) in [5, 5.41) is 0.886. The number of ether oxygens (including phenoxy) is 2. The lowest BCUT2D eigenvalue weighted by molar-refractivity contribution is 0.0911. The maximum absolute atomic E-state index is 13.0. The zero-order chi connectivity index (χ0) is 20.7. The van der Waals surface area contributed by atoms with Crippen LogP contribution in [0.5, 0.6) is 11.5 Å². The lowest BCUT2D eigenvalue weighted by Gasteiger charge is -2.26. The summed E-state index contributed by atoms with van der Waals surface area (Å²) in [4.78, 5) is 13.0. The summed E-state index contributed by atoms with van der Waals surface area (Å²) in [7, 11) is 1.69. The second kappa shape index (κ2) is 9.84. The molecule has 0 aliphatic rings. The van der Waals surface area contributed by atoms with Crippen molar-refractivity contribution in [3.05, 3.63) is 54.1 Å². The molecule has 0 aromatic heterocycles. The van der Waals surface area contributed by atoms with Gasteiger partial charge in [-0.3, -0.25) is 4.79 Å². The number of rotatable bonds is 10. The third kappa shape index (κ3) is 5.90. The average molecular weight is 401 g/mol. The molecule has 150 valence electrons. The second-order valence-electron chi connectivity index (χ2n) is 8.01. The van der Waals surface area contributed by atoms with Crippen LogP contribution in [-0.4, -0.2) is 26.2 Å². The van der Waals surface area contributed by atoms with Gasteiger partial charge in [0.05, 0.1) is 14.2 Å². The first kappa shape index (κ1) is 22.1. The Bertz CT molecular complexity index is 792. The minimum atomic E-state index is -1.42. The monoisotopic (exact) mass is 401 g/mol. The van der Waals surface area contributed by atoms with Crippen LogP contribution in [0, 0.1) is 11.3 Å². The largest absolute Gasteiger partial charge is 0.496 e. The lowest BCUT2D eigenvalue weighted by Crippen LogP contribution is -2.22. The molecular formula is C23H30O4P+. The fourth-order valence-corrected chi connectivity index (χ4v) is 5.12. The van der Waals surface area contributed by atoms with Gasteiger partial charge in [-0.2, -0.15) is 0 Å². The summed E-state index contributed by atoms with van der Waals surface area (Å²) < 4.78 is 23.3. The molecule has 0 aliphatic heterocycles. The summed E-state index contributed by atoms with van der Waals surface area (Å²) in [6.07, 6.45) is 1.80. The molecule has 0 saturated heterocycles. The molecule has 0 radical (unpaired) electrons. The zero-order valence-electron chi connectivity index (χ0n) is 17.4. The molecule has 0 heterocycles. The average Bonchev–Trinajstić information content (AvgIpc) is 2.66. The maximum atomic E-state index is 13.0. The van der Waals surface area contributed by atoms with Gasteiger partial charge in [0.15, 0.2) is 17.2 Å². The number of Topliss-reactive ketones (excluding diaryl/α,β-unsaturated/α-hetero) is 1. The summed E-state index contributed by atoms with van der Waals surface area (Å²) in [6, 6.07) is 14.9. The molecule has 0 amide bonds. The van der Waals surface area contributed by atoms with E-state index in [1.165, 1.54) is 0 Å². The molecule has 5 heteroatoms. The number of hydrogen-bond acceptors (Lipinski definition) is 4. The summed E-state index contributed by atoms with van der Waals surface area (Å²) in [5.41, 5.74) is 0.262. The van der Waals surface area contributed by atoms with E-state index in [1.807, 2.05) is 36.4 Å². The Morgan fingerprint density at radius 3 is 2.11 bits per heavy atom. The molecule has 0 spiro atoms. The highest BCUT2D eigenvalue weighted by molar-refractivity contribution is 7.53. The van der Waals surface area contributed by atoms with Crippen LogP contribution < -0.4 is 14.8 Å². The maximum Gasteiger partial charge on any atom is 0.377 e. The van der Waals surface area contributed by atoms with Crippen molar-refractivity contribution in [2.45, 2.75) is 33.6 Å². The number of ketones is 1. The standard InChI is InChI=1S/C23H30O4P/c1-17(16-28(25)18-10-7-6-8-11-18)14-23(2,3)15-19(24)22-20(26-4)12-9-13-21(22)27-5/h6-13,17H,14-16H2,1-5H3/q+1. The van der Waals surface area contributed by atoms with Gasteiger partial charge in [0.1, 0.15) is 17.1 Å². The number of carbonyl (C=O) groups is 1. The molecule has 2 unspecified atom stereocenters. The quantitative estimate of drug-likeness (QED) is 0.391. The molecule has 4 nitrogen and oxygen atoms in total. The SMILES string of the molecule is COc1cccc(OC)c1C(=O)CC(C)(C)CC(C)C[P+](=O)c1ccccc1. The third-order valence-corrected chi connectivity index (χ3v) is 6.60. The molecule has 0 bridgehead atoms. The van der Waals surface area contributed by atoms with Crippen LogP contribution in [0.25, 0.3) is 0 Å². The highest BCUT2D eigenvalue weighted by Gasteiger charge is 2.31. The van der Waals surface area contributed by atoms with E-state index < -0.39 is 7.80 Å². The van der Waals surface area contributed by atoms with Crippen LogP contribution in [0.4, 0.5) is 0 Å². The van der Waals surface area contributed by atoms with E-state index in [0.717, 1.165) is 11.7 Å². The number of benzene rings is 2. The molecule has 2 aromatic carbocycles. The Morgan fingerprint density at radius 1 is 1.00 bits per heavy atom. The normalized spacial score (nSPS) is 13.0. The Balaban J connectivity index is 2.05. The van der Waals surface area contributed by atoms with Crippen LogP contribution >= 0.6 is 7.80 Å². The molecule has 0 N–H and O–H groups in total. The molecule has 0 fully saturated rings. The van der Waals surface area contributed by atoms with Gasteiger partial charge in [0.25, 0.3) is 0 Å². The van der Waals surface area contributed by atoms with Crippen LogP contribution in [0.3, 0.4) is 0 Å². The number of carbonyl (C=O) groups excluding carboxylic acids is 1. The molecular weight excluding hydrogens is 371 g/mol. The predicted molar refractivity (Wildman–Crippen MR) is 115 cm³/mol. The van der Waals surface area contributed by atoms with Crippen LogP contribution in [0.1, 0.15) is 44.0 Å². The van der Waals surface area contributed by atoms with Gasteiger partial charge in [-0.05, 0) is 36.1 Å². The highest BCUT2D eigenvalue weighted by atomic mass is 31.1. The van der Waals surface area contributed by atoms with Gasteiger partial charge in [0, 0.05) is 12.3 Å². The van der Waals surface area contributed by atoms with Crippen molar-refractivity contribution >= 4 is 18.9 Å². The molecule has 0 saturated carbocycles. The topological polar surface area (TPSA) is 52.6 Å². The molecule has 28 heavy (non-hydrogen) atoms. The van der Waals surface area contributed by atoms with Crippen molar-refractivity contribution in [3.63, 3.8) is 0 Å². The lowest BCUT2D eigenvalue weighted by atomic mass is 9.78. The Hall–Kier alpha value is -2.19. The molecule has 0 aliphatic carbocycles. The smallest absolute Gasteiger partial charge is 0.377 e. The molecule has 2 aromatic rings. The van der Waals surface area contributed by atoms with Crippen LogP contribution in [0.15, 0.2) is 48.5 Å². The minimum Gasteiger partial charge on any atom is -0.496 e. The van der Waals surface area contributed by atoms with Crippen molar-refractivity contribution in [1.82, 2.24) is 0 Å². The third-order valence-electron chi connectivity index (χ3n) is 4.77. The Morgan fingerprint density at radius 2 is 1.57 bits per heavy atom. The Kier molecular flexibility index (Phi) is 7.77. The van der Waals surface area contributed by atoms with E-state index >= 15 is 0 Å². The van der Waals surface area contributed by atoms with Gasteiger partial charge >= 0.3 is 7.80 Å². The summed E-state index contributed by atoms with van der Waals surface area (Å²) >= 11 is 0. The van der Waals surface area contributed by atoms with Crippen LogP contribution in [0.2, 0.25) is 0 Å². The van der Waals surface area contributed by atoms with Crippen molar-refractivity contribution in [1.29, 1.82) is 0 Å². The van der Waals surface area contributed by atoms with E-state index in [-0.39, 0.29) is 17.1 Å². The van der Waals surface area contributed by atoms with Crippen molar-refractivity contribution in [2.75, 3.05) is 20.4 Å². The predicted octanol–water partition coefficient (Wildman–Crippen LogP) is 5.48. The van der Waals surface area contributed by atoms with Gasteiger partial charge in [-0.15, -0.1) is 0 Å². The fourth-order valence-electron chi connectivity index (χ4n) is 3.71. The number of hydrogen-bond donors (Lipinski definition) is 0. The Labute approximate surface area is 169 Å². The van der Waals surface area contributed by atoms with E-state index in [1.54, 1.807) is 26.4 Å². The van der Waals surface area contributed by atoms with Crippen molar-refractivity contribution < 1.29 is 18.8 Å². The van der Waals surface area contributed by atoms with Gasteiger partial charge in [0.2, 0.25) is 0 Å². The van der Waals surface area contributed by atoms with Gasteiger partial charge in [-0.1, -0.05) is 49.6 Å². The highest BCUT2D eigenvalue weighted by Crippen LogP contribution is 2.37. The minimum absolute atomic E-state index is 0.000975. The van der Waals surface area contributed by atoms with E-state index in [2.05, 4.69) is 20.8 Å². The van der Waals surface area contributed by atoms with E-state index in [4.69, 9.17) is 9.47 Å². The van der Waals surface area contributed by atoms with Crippen molar-refractivity contribution in [3.8, 4) is 11.5 Å². The van der Waals surface area contributed by atoms with Gasteiger partial charge < -0.3 is 9.47 Å². The van der Waals surface area contributed by atoms with E-state index in [9.17, 15) is 9.36 Å². The summed E-state index contributed by atoms with van der Waals surface area (Å²) in [6.45, 7) is 6.27. The van der Waals surface area contributed by atoms with E-state index in [0.29, 0.717) is 29.6 Å². The molecule has 2 rings (SSSR count).